The lowest BCUT2D eigenvalue weighted by atomic mass is 10.1. The van der Waals surface area contributed by atoms with Gasteiger partial charge in [-0.3, -0.25) is 9.69 Å². The number of carbonyl (C=O) groups is 1. The zero-order chi connectivity index (χ0) is 23.2. The minimum absolute atomic E-state index is 0.179. The number of amidine groups is 1. The minimum atomic E-state index is -0.315. The fourth-order valence-electron chi connectivity index (χ4n) is 3.56. The number of carbonyl (C=O) groups excluding carboxylic acids is 1. The first-order chi connectivity index (χ1) is 16.1. The van der Waals surface area contributed by atoms with Crippen LogP contribution < -0.4 is 9.64 Å². The largest absolute Gasteiger partial charge is 0.497 e. The predicted octanol–water partition coefficient (Wildman–Crippen LogP) is 3.92. The van der Waals surface area contributed by atoms with Crippen LogP contribution >= 0.6 is 11.8 Å². The Bertz CT molecular complexity index is 1050. The molecule has 1 amide bonds. The van der Waals surface area contributed by atoms with Crippen molar-refractivity contribution in [2.24, 2.45) is 4.99 Å². The highest BCUT2D eigenvalue weighted by Gasteiger charge is 2.33. The van der Waals surface area contributed by atoms with Gasteiger partial charge in [0.05, 0.1) is 49.8 Å². The fourth-order valence-corrected chi connectivity index (χ4v) is 4.59. The number of morpholine rings is 1. The molecule has 2 aliphatic heterocycles. The topological polar surface area (TPSA) is 63.6 Å². The number of hydrogen-bond donors (Lipinski definition) is 0. The lowest BCUT2D eigenvalue weighted by Crippen LogP contribution is -2.36. The molecule has 2 fully saturated rings. The number of halogens is 1. The Balaban J connectivity index is 1.58. The summed E-state index contributed by atoms with van der Waals surface area (Å²) in [7, 11) is 3.19. The van der Waals surface area contributed by atoms with Gasteiger partial charge in [0.1, 0.15) is 11.6 Å². The molecule has 0 aliphatic carbocycles. The molecule has 9 heteroatoms. The van der Waals surface area contributed by atoms with Gasteiger partial charge in [-0.25, -0.2) is 9.38 Å². The molecule has 4 rings (SSSR count). The molecule has 0 bridgehead atoms. The molecule has 2 heterocycles. The molecular formula is C24H26FN3O4S. The molecule has 7 nitrogen and oxygen atoms in total. The van der Waals surface area contributed by atoms with E-state index < -0.39 is 0 Å². The van der Waals surface area contributed by atoms with Gasteiger partial charge in [-0.1, -0.05) is 6.07 Å². The first-order valence-corrected chi connectivity index (χ1v) is 11.5. The summed E-state index contributed by atoms with van der Waals surface area (Å²) in [5.41, 5.74) is 1.88. The van der Waals surface area contributed by atoms with Crippen molar-refractivity contribution in [1.82, 2.24) is 4.90 Å². The van der Waals surface area contributed by atoms with Gasteiger partial charge in [0.25, 0.3) is 5.91 Å². The van der Waals surface area contributed by atoms with Gasteiger partial charge in [-0.2, -0.15) is 0 Å². The smallest absolute Gasteiger partial charge is 0.266 e. The molecule has 174 valence electrons. The second-order valence-electron chi connectivity index (χ2n) is 7.46. The molecule has 33 heavy (non-hydrogen) atoms. The molecule has 2 aromatic rings. The SMILES string of the molecule is COCCN1C(=O)/C(=C/c2ccc(N3CCOCC3)c(F)c2)SC1=Nc1ccc(OC)cc1. The van der Waals surface area contributed by atoms with E-state index in [-0.39, 0.29) is 11.7 Å². The average molecular weight is 472 g/mol. The molecule has 2 aromatic carbocycles. The molecule has 0 radical (unpaired) electrons. The van der Waals surface area contributed by atoms with Gasteiger partial charge < -0.3 is 19.1 Å². The van der Waals surface area contributed by atoms with Crippen LogP contribution in [0.5, 0.6) is 5.75 Å². The van der Waals surface area contributed by atoms with Gasteiger partial charge in [0.15, 0.2) is 5.17 Å². The van der Waals surface area contributed by atoms with Gasteiger partial charge >= 0.3 is 0 Å². The van der Waals surface area contributed by atoms with Crippen LogP contribution in [0.15, 0.2) is 52.4 Å². The van der Waals surface area contributed by atoms with E-state index in [9.17, 15) is 9.18 Å². The maximum absolute atomic E-state index is 14.8. The van der Waals surface area contributed by atoms with Gasteiger partial charge in [0, 0.05) is 20.2 Å². The van der Waals surface area contributed by atoms with Crippen molar-refractivity contribution in [2.45, 2.75) is 0 Å². The van der Waals surface area contributed by atoms with Crippen molar-refractivity contribution in [3.63, 3.8) is 0 Å². The second kappa shape index (κ2) is 10.8. The first-order valence-electron chi connectivity index (χ1n) is 10.6. The quantitative estimate of drug-likeness (QED) is 0.571. The summed E-state index contributed by atoms with van der Waals surface area (Å²) in [4.78, 5) is 21.8. The highest BCUT2D eigenvalue weighted by molar-refractivity contribution is 8.18. The number of aliphatic imine (C=N–C) groups is 1. The standard InChI is InChI=1S/C24H26FN3O4S/c1-30-12-11-28-23(29)22(33-24(28)26-18-4-6-19(31-2)7-5-18)16-17-3-8-21(20(25)15-17)27-9-13-32-14-10-27/h3-8,15-16H,9-14H2,1-2H3/b22-16-,26-24?. The number of amides is 1. The summed E-state index contributed by atoms with van der Waals surface area (Å²) in [6.07, 6.45) is 1.70. The van der Waals surface area contributed by atoms with Crippen LogP contribution in [0.2, 0.25) is 0 Å². The number of ether oxygens (including phenoxy) is 3. The number of rotatable bonds is 7. The summed E-state index contributed by atoms with van der Waals surface area (Å²) in [6.45, 7) is 3.24. The Morgan fingerprint density at radius 1 is 1.15 bits per heavy atom. The van der Waals surface area contributed by atoms with E-state index >= 15 is 0 Å². The minimum Gasteiger partial charge on any atom is -0.497 e. The van der Waals surface area contributed by atoms with Crippen molar-refractivity contribution in [3.8, 4) is 5.75 Å². The second-order valence-corrected chi connectivity index (χ2v) is 8.47. The van der Waals surface area contributed by atoms with E-state index in [2.05, 4.69) is 4.99 Å². The third kappa shape index (κ3) is 5.55. The number of nitrogens with zero attached hydrogens (tertiary/aromatic N) is 3. The van der Waals surface area contributed by atoms with E-state index in [0.717, 1.165) is 5.75 Å². The monoisotopic (exact) mass is 471 g/mol. The third-order valence-corrected chi connectivity index (χ3v) is 6.33. The molecule has 0 atom stereocenters. The number of methoxy groups -OCH3 is 2. The van der Waals surface area contributed by atoms with Crippen LogP contribution in [-0.4, -0.2) is 69.6 Å². The predicted molar refractivity (Wildman–Crippen MR) is 129 cm³/mol. The lowest BCUT2D eigenvalue weighted by Gasteiger charge is -2.29. The Hall–Kier alpha value is -2.88. The van der Waals surface area contributed by atoms with E-state index in [1.165, 1.54) is 17.8 Å². The van der Waals surface area contributed by atoms with Gasteiger partial charge in [-0.05, 0) is 59.8 Å². The van der Waals surface area contributed by atoms with Crippen LogP contribution in [0.3, 0.4) is 0 Å². The van der Waals surface area contributed by atoms with Crippen molar-refractivity contribution in [1.29, 1.82) is 0 Å². The number of benzene rings is 2. The first kappa shape index (κ1) is 23.3. The van der Waals surface area contributed by atoms with Crippen molar-refractivity contribution in [3.05, 3.63) is 58.8 Å². The summed E-state index contributed by atoms with van der Waals surface area (Å²) in [5.74, 6) is 0.237. The molecule has 2 saturated heterocycles. The van der Waals surface area contributed by atoms with Crippen LogP contribution in [0.25, 0.3) is 6.08 Å². The summed E-state index contributed by atoms with van der Waals surface area (Å²) in [5, 5.41) is 0.555. The van der Waals surface area contributed by atoms with Crippen LogP contribution in [0, 0.1) is 5.82 Å². The maximum atomic E-state index is 14.8. The maximum Gasteiger partial charge on any atom is 0.266 e. The molecule has 0 spiro atoms. The molecule has 0 saturated carbocycles. The molecule has 0 unspecified atom stereocenters. The Kier molecular flexibility index (Phi) is 7.64. The highest BCUT2D eigenvalue weighted by Crippen LogP contribution is 2.35. The zero-order valence-corrected chi connectivity index (χ0v) is 19.4. The van der Waals surface area contributed by atoms with E-state index in [0.29, 0.717) is 66.5 Å². The molecular weight excluding hydrogens is 445 g/mol. The summed E-state index contributed by atoms with van der Waals surface area (Å²) >= 11 is 1.27. The zero-order valence-electron chi connectivity index (χ0n) is 18.6. The Morgan fingerprint density at radius 2 is 1.91 bits per heavy atom. The fraction of sp³-hybridized carbons (Fsp3) is 0.333. The van der Waals surface area contributed by atoms with Gasteiger partial charge in [-0.15, -0.1) is 0 Å². The van der Waals surface area contributed by atoms with Crippen molar-refractivity contribution >= 4 is 40.3 Å². The van der Waals surface area contributed by atoms with Crippen LogP contribution in [0.1, 0.15) is 5.56 Å². The lowest BCUT2D eigenvalue weighted by molar-refractivity contribution is -0.122. The van der Waals surface area contributed by atoms with Gasteiger partial charge in [0.2, 0.25) is 0 Å². The third-order valence-electron chi connectivity index (χ3n) is 5.33. The summed E-state index contributed by atoms with van der Waals surface area (Å²) < 4.78 is 30.5. The molecule has 2 aliphatic rings. The normalized spacial score (nSPS) is 19.1. The molecule has 0 aromatic heterocycles. The number of anilines is 1. The Labute approximate surface area is 196 Å². The Morgan fingerprint density at radius 3 is 2.58 bits per heavy atom. The van der Waals surface area contributed by atoms with E-state index in [1.54, 1.807) is 31.3 Å². The van der Waals surface area contributed by atoms with E-state index in [4.69, 9.17) is 14.2 Å². The number of thioether (sulfide) groups is 1. The average Bonchev–Trinajstić information content (AvgIpc) is 3.12. The number of hydrogen-bond acceptors (Lipinski definition) is 7. The summed E-state index contributed by atoms with van der Waals surface area (Å²) in [6, 6.07) is 12.3. The van der Waals surface area contributed by atoms with E-state index in [1.807, 2.05) is 35.2 Å². The highest BCUT2D eigenvalue weighted by atomic mass is 32.2. The van der Waals surface area contributed by atoms with Crippen LogP contribution in [0.4, 0.5) is 15.8 Å². The molecule has 0 N–H and O–H groups in total. The van der Waals surface area contributed by atoms with Crippen molar-refractivity contribution in [2.75, 3.05) is 58.6 Å². The van der Waals surface area contributed by atoms with Crippen LogP contribution in [-0.2, 0) is 14.3 Å². The van der Waals surface area contributed by atoms with Crippen molar-refractivity contribution < 1.29 is 23.4 Å².